The van der Waals surface area contributed by atoms with Crippen LogP contribution in [0.5, 0.6) is 5.75 Å². The topological polar surface area (TPSA) is 21.3 Å². The van der Waals surface area contributed by atoms with Crippen molar-refractivity contribution in [3.8, 4) is 5.75 Å². The Bertz CT molecular complexity index is 631. The lowest BCUT2D eigenvalue weighted by Crippen LogP contribution is -2.03. The molecule has 6 heteroatoms. The van der Waals surface area contributed by atoms with Crippen LogP contribution in [0.15, 0.2) is 48.2 Å². The van der Waals surface area contributed by atoms with Crippen LogP contribution in [0, 0.1) is 0 Å². The number of rotatable bonds is 4. The van der Waals surface area contributed by atoms with Gasteiger partial charge in [0.15, 0.2) is 0 Å². The van der Waals surface area contributed by atoms with E-state index in [9.17, 15) is 0 Å². The maximum atomic E-state index is 5.44. The second kappa shape index (κ2) is 7.29. The molecule has 0 aromatic heterocycles. The molecule has 0 bridgehead atoms. The molecule has 2 aromatic carbocycles. The second-order valence-corrected chi connectivity index (χ2v) is 7.60. The Hall–Kier alpha value is -0.0400. The molecule has 1 N–H and O–H groups in total. The van der Waals surface area contributed by atoms with Gasteiger partial charge in [-0.1, -0.05) is 31.9 Å². The summed E-state index contributed by atoms with van der Waals surface area (Å²) in [7, 11) is 1.67. The van der Waals surface area contributed by atoms with E-state index in [0.29, 0.717) is 6.54 Å². The number of hydrogen-bond donors (Lipinski definition) is 1. The van der Waals surface area contributed by atoms with Gasteiger partial charge < -0.3 is 10.1 Å². The fourth-order valence-electron chi connectivity index (χ4n) is 1.80. The standard InChI is InChI=1S/C14H11Br4NO/c1-20-14-8(4-10(16)5-12(14)18)7-19-13-6-9(15)2-3-11(13)17/h2-6,19H,7H2,1H3. The van der Waals surface area contributed by atoms with E-state index in [0.717, 1.165) is 34.9 Å². The number of ether oxygens (including phenoxy) is 1. The van der Waals surface area contributed by atoms with Crippen LogP contribution in [0.1, 0.15) is 5.56 Å². The number of anilines is 1. The molecule has 0 aliphatic heterocycles. The summed E-state index contributed by atoms with van der Waals surface area (Å²) in [5, 5.41) is 3.40. The summed E-state index contributed by atoms with van der Waals surface area (Å²) < 4.78 is 9.44. The van der Waals surface area contributed by atoms with Crippen LogP contribution in [0.2, 0.25) is 0 Å². The molecule has 0 atom stereocenters. The Morgan fingerprint density at radius 1 is 0.950 bits per heavy atom. The first-order valence-corrected chi connectivity index (χ1v) is 8.89. The Kier molecular flexibility index (Phi) is 5.95. The Morgan fingerprint density at radius 2 is 1.70 bits per heavy atom. The van der Waals surface area contributed by atoms with Gasteiger partial charge in [0.2, 0.25) is 0 Å². The Balaban J connectivity index is 2.24. The SMILES string of the molecule is COc1c(Br)cc(Br)cc1CNc1cc(Br)ccc1Br. The van der Waals surface area contributed by atoms with Crippen molar-refractivity contribution in [3.63, 3.8) is 0 Å². The van der Waals surface area contributed by atoms with E-state index in [1.165, 1.54) is 0 Å². The lowest BCUT2D eigenvalue weighted by molar-refractivity contribution is 0.407. The van der Waals surface area contributed by atoms with E-state index in [2.05, 4.69) is 69.0 Å². The maximum absolute atomic E-state index is 5.44. The lowest BCUT2D eigenvalue weighted by Gasteiger charge is -2.14. The summed E-state index contributed by atoms with van der Waals surface area (Å²) >= 11 is 14.0. The quantitative estimate of drug-likeness (QED) is 0.499. The van der Waals surface area contributed by atoms with Gasteiger partial charge in [-0.25, -0.2) is 0 Å². The summed E-state index contributed by atoms with van der Waals surface area (Å²) in [5.74, 6) is 0.840. The normalized spacial score (nSPS) is 10.4. The van der Waals surface area contributed by atoms with Gasteiger partial charge in [-0.05, 0) is 62.2 Å². The first kappa shape index (κ1) is 16.3. The van der Waals surface area contributed by atoms with Crippen LogP contribution in [0.3, 0.4) is 0 Å². The molecular weight excluding hydrogens is 518 g/mol. The molecule has 0 aliphatic rings. The fourth-order valence-corrected chi connectivity index (χ4v) is 4.02. The van der Waals surface area contributed by atoms with Gasteiger partial charge in [0.1, 0.15) is 5.75 Å². The highest BCUT2D eigenvalue weighted by atomic mass is 79.9. The van der Waals surface area contributed by atoms with E-state index in [-0.39, 0.29) is 0 Å². The lowest BCUT2D eigenvalue weighted by atomic mass is 10.2. The number of halogens is 4. The molecule has 0 saturated heterocycles. The van der Waals surface area contributed by atoms with E-state index in [1.807, 2.05) is 30.3 Å². The van der Waals surface area contributed by atoms with Crippen LogP contribution in [-0.4, -0.2) is 7.11 Å². The van der Waals surface area contributed by atoms with Gasteiger partial charge >= 0.3 is 0 Å². The summed E-state index contributed by atoms with van der Waals surface area (Å²) in [6, 6.07) is 10.0. The Labute approximate surface area is 151 Å². The van der Waals surface area contributed by atoms with E-state index in [1.54, 1.807) is 7.11 Å². The van der Waals surface area contributed by atoms with E-state index < -0.39 is 0 Å². The van der Waals surface area contributed by atoms with Crippen LogP contribution in [0.25, 0.3) is 0 Å². The van der Waals surface area contributed by atoms with Gasteiger partial charge in [-0.15, -0.1) is 0 Å². The van der Waals surface area contributed by atoms with Crippen LogP contribution in [-0.2, 0) is 6.54 Å². The molecule has 0 heterocycles. The largest absolute Gasteiger partial charge is 0.495 e. The second-order valence-electron chi connectivity index (χ2n) is 4.06. The smallest absolute Gasteiger partial charge is 0.138 e. The highest BCUT2D eigenvalue weighted by Gasteiger charge is 2.10. The summed E-state index contributed by atoms with van der Waals surface area (Å²) in [6.07, 6.45) is 0. The van der Waals surface area contributed by atoms with Gasteiger partial charge in [-0.3, -0.25) is 0 Å². The minimum atomic E-state index is 0.663. The summed E-state index contributed by atoms with van der Waals surface area (Å²) in [5.41, 5.74) is 2.10. The summed E-state index contributed by atoms with van der Waals surface area (Å²) in [4.78, 5) is 0. The zero-order chi connectivity index (χ0) is 14.7. The molecule has 2 aromatic rings. The fraction of sp³-hybridized carbons (Fsp3) is 0.143. The van der Waals surface area contributed by atoms with Gasteiger partial charge in [-0.2, -0.15) is 0 Å². The first-order chi connectivity index (χ1) is 9.51. The van der Waals surface area contributed by atoms with E-state index in [4.69, 9.17) is 4.74 Å². The average molecular weight is 529 g/mol. The third-order valence-corrected chi connectivity index (χ3v) is 4.92. The molecule has 20 heavy (non-hydrogen) atoms. The molecule has 0 saturated carbocycles. The predicted octanol–water partition coefficient (Wildman–Crippen LogP) is 6.36. The third kappa shape index (κ3) is 4.00. The van der Waals surface area contributed by atoms with Gasteiger partial charge in [0.25, 0.3) is 0 Å². The minimum absolute atomic E-state index is 0.663. The highest BCUT2D eigenvalue weighted by Crippen LogP contribution is 2.34. The van der Waals surface area contributed by atoms with Gasteiger partial charge in [0.05, 0.1) is 11.6 Å². The number of benzene rings is 2. The maximum Gasteiger partial charge on any atom is 0.138 e. The predicted molar refractivity (Wildman–Crippen MR) is 97.6 cm³/mol. The Morgan fingerprint density at radius 3 is 2.40 bits per heavy atom. The minimum Gasteiger partial charge on any atom is -0.495 e. The van der Waals surface area contributed by atoms with Crippen LogP contribution >= 0.6 is 63.7 Å². The molecule has 0 aliphatic carbocycles. The number of hydrogen-bond acceptors (Lipinski definition) is 2. The molecule has 2 rings (SSSR count). The highest BCUT2D eigenvalue weighted by molar-refractivity contribution is 9.11. The van der Waals surface area contributed by atoms with E-state index >= 15 is 0 Å². The molecule has 0 amide bonds. The number of methoxy groups -OCH3 is 1. The molecular formula is C14H11Br4NO. The monoisotopic (exact) mass is 525 g/mol. The van der Waals surface area contributed by atoms with Crippen molar-refractivity contribution in [2.24, 2.45) is 0 Å². The van der Waals surface area contributed by atoms with Crippen molar-refractivity contribution < 1.29 is 4.74 Å². The number of nitrogens with one attached hydrogen (secondary N) is 1. The molecule has 106 valence electrons. The van der Waals surface area contributed by atoms with Gasteiger partial charge in [0, 0.05) is 31.2 Å². The third-order valence-electron chi connectivity index (χ3n) is 2.69. The molecule has 0 spiro atoms. The van der Waals surface area contributed by atoms with Crippen molar-refractivity contribution in [1.29, 1.82) is 0 Å². The summed E-state index contributed by atoms with van der Waals surface area (Å²) in [6.45, 7) is 0.663. The molecule has 2 nitrogen and oxygen atoms in total. The van der Waals surface area contributed by atoms with Crippen molar-refractivity contribution in [1.82, 2.24) is 0 Å². The van der Waals surface area contributed by atoms with Crippen molar-refractivity contribution in [2.75, 3.05) is 12.4 Å². The van der Waals surface area contributed by atoms with Crippen molar-refractivity contribution >= 4 is 69.4 Å². The zero-order valence-electron chi connectivity index (χ0n) is 10.5. The van der Waals surface area contributed by atoms with Crippen molar-refractivity contribution in [2.45, 2.75) is 6.54 Å². The average Bonchev–Trinajstić information content (AvgIpc) is 2.39. The molecule has 0 fully saturated rings. The zero-order valence-corrected chi connectivity index (χ0v) is 16.9. The van der Waals surface area contributed by atoms with Crippen LogP contribution < -0.4 is 10.1 Å². The molecule has 0 unspecified atom stereocenters. The van der Waals surface area contributed by atoms with Crippen molar-refractivity contribution in [3.05, 3.63) is 53.8 Å². The van der Waals surface area contributed by atoms with Crippen LogP contribution in [0.4, 0.5) is 5.69 Å². The first-order valence-electron chi connectivity index (χ1n) is 5.72. The molecule has 0 radical (unpaired) electrons.